The van der Waals surface area contributed by atoms with Gasteiger partial charge in [0, 0.05) is 40.9 Å². The first-order valence-electron chi connectivity index (χ1n) is 11.7. The largest absolute Gasteiger partial charge is 0.394 e. The van der Waals surface area contributed by atoms with Gasteiger partial charge in [-0.05, 0) is 30.7 Å². The van der Waals surface area contributed by atoms with Crippen molar-refractivity contribution in [3.05, 3.63) is 106 Å². The van der Waals surface area contributed by atoms with E-state index < -0.39 is 6.04 Å². The number of nitrogens with zero attached hydrogens (tertiary/aromatic N) is 3. The Balaban J connectivity index is 1.59. The number of nitriles is 1. The number of benzene rings is 2. The lowest BCUT2D eigenvalue weighted by atomic mass is 10.0. The lowest BCUT2D eigenvalue weighted by molar-refractivity contribution is 0.276. The van der Waals surface area contributed by atoms with Crippen LogP contribution < -0.4 is 27.0 Å². The van der Waals surface area contributed by atoms with Crippen LogP contribution in [0.5, 0.6) is 0 Å². The van der Waals surface area contributed by atoms with Crippen molar-refractivity contribution in [2.24, 2.45) is 0 Å². The zero-order valence-electron chi connectivity index (χ0n) is 20.0. The smallest absolute Gasteiger partial charge is 0.103 e. The molecule has 0 saturated heterocycles. The van der Waals surface area contributed by atoms with Gasteiger partial charge in [0.2, 0.25) is 0 Å². The Bertz CT molecular complexity index is 1500. The molecule has 2 atom stereocenters. The first-order chi connectivity index (χ1) is 18.1. The van der Waals surface area contributed by atoms with Gasteiger partial charge in [-0.3, -0.25) is 9.97 Å². The molecule has 186 valence electrons. The highest BCUT2D eigenvalue weighted by Crippen LogP contribution is 2.37. The molecule has 1 aliphatic heterocycles. The van der Waals surface area contributed by atoms with E-state index in [-0.39, 0.29) is 12.6 Å². The summed E-state index contributed by atoms with van der Waals surface area (Å²) in [6, 6.07) is 18.7. The van der Waals surface area contributed by atoms with E-state index in [0.29, 0.717) is 27.2 Å². The van der Waals surface area contributed by atoms with Gasteiger partial charge in [-0.1, -0.05) is 48.0 Å². The van der Waals surface area contributed by atoms with Crippen molar-refractivity contribution in [3.63, 3.8) is 0 Å². The van der Waals surface area contributed by atoms with Crippen LogP contribution in [0.3, 0.4) is 0 Å². The van der Waals surface area contributed by atoms with Gasteiger partial charge >= 0.3 is 0 Å². The van der Waals surface area contributed by atoms with Crippen molar-refractivity contribution < 1.29 is 5.11 Å². The third-order valence-corrected chi connectivity index (χ3v) is 6.52. The molecular formula is C27H25ClN8O. The Hall–Kier alpha value is -4.36. The van der Waals surface area contributed by atoms with Gasteiger partial charge < -0.3 is 26.6 Å². The summed E-state index contributed by atoms with van der Waals surface area (Å²) < 4.78 is 0. The van der Waals surface area contributed by atoms with Crippen LogP contribution in [0.2, 0.25) is 5.02 Å². The highest BCUT2D eigenvalue weighted by molar-refractivity contribution is 6.35. The molecule has 6 N–H and O–H groups in total. The topological polar surface area (TPSA) is 130 Å². The molecule has 0 unspecified atom stereocenters. The second-order valence-corrected chi connectivity index (χ2v) is 8.96. The lowest BCUT2D eigenvalue weighted by Gasteiger charge is -2.24. The molecule has 2 aromatic heterocycles. The van der Waals surface area contributed by atoms with Crippen LogP contribution in [-0.2, 0) is 0 Å². The molecule has 0 amide bonds. The number of pyridine rings is 2. The molecule has 1 aliphatic rings. The van der Waals surface area contributed by atoms with E-state index in [4.69, 9.17) is 11.6 Å². The number of aryl methyl sites for hydroxylation is 1. The molecule has 0 bridgehead atoms. The zero-order valence-corrected chi connectivity index (χ0v) is 20.7. The fourth-order valence-electron chi connectivity index (χ4n) is 4.38. The van der Waals surface area contributed by atoms with Crippen LogP contribution >= 0.6 is 11.6 Å². The first-order valence-corrected chi connectivity index (χ1v) is 12.1. The van der Waals surface area contributed by atoms with Crippen LogP contribution in [0.1, 0.15) is 34.5 Å². The molecule has 3 heterocycles. The molecule has 9 nitrogen and oxygen atoms in total. The minimum Gasteiger partial charge on any atom is -0.394 e. The zero-order chi connectivity index (χ0) is 25.8. The van der Waals surface area contributed by atoms with Gasteiger partial charge in [-0.15, -0.1) is 0 Å². The fourth-order valence-corrected chi connectivity index (χ4v) is 4.65. The van der Waals surface area contributed by atoms with Crippen molar-refractivity contribution in [1.29, 1.82) is 5.26 Å². The summed E-state index contributed by atoms with van der Waals surface area (Å²) >= 11 is 6.71. The number of anilines is 2. The van der Waals surface area contributed by atoms with Gasteiger partial charge in [0.15, 0.2) is 0 Å². The predicted octanol–water partition coefficient (Wildman–Crippen LogP) is 4.22. The number of halogens is 1. The summed E-state index contributed by atoms with van der Waals surface area (Å²) in [4.78, 5) is 8.90. The third kappa shape index (κ3) is 4.99. The van der Waals surface area contributed by atoms with Gasteiger partial charge in [0.05, 0.1) is 46.2 Å². The number of nitrogens with one attached hydrogen (secondary N) is 5. The summed E-state index contributed by atoms with van der Waals surface area (Å²) in [7, 11) is 0. The summed E-state index contributed by atoms with van der Waals surface area (Å²) in [6.45, 7) is 1.80. The van der Waals surface area contributed by atoms with Gasteiger partial charge in [-0.2, -0.15) is 10.8 Å². The molecule has 0 aliphatic carbocycles. The van der Waals surface area contributed by atoms with Crippen molar-refractivity contribution in [2.45, 2.75) is 19.0 Å². The number of aliphatic hydroxyl groups is 1. The number of aromatic nitrogens is 2. The standard InChI is InChI=1S/C27H25ClN8O/c1-16-20(8-5-9-30-16)27(23-14-32-36-35-23)33-19-10-21-25(18(12-29)13-31-26(21)22(28)11-19)34-24(15-37)17-6-3-2-4-7-17/h2-11,13-14,24,27,32-33,35-37H,15H2,1H3,(H,31,34)/t24-,27+/m1/s1. The fraction of sp³-hybridized carbons (Fsp3) is 0.148. The second kappa shape index (κ2) is 10.7. The van der Waals surface area contributed by atoms with Gasteiger partial charge in [-0.25, -0.2) is 0 Å². The number of hydrogen-bond donors (Lipinski definition) is 6. The van der Waals surface area contributed by atoms with Crippen molar-refractivity contribution in [1.82, 2.24) is 26.4 Å². The Morgan fingerprint density at radius 1 is 1.11 bits per heavy atom. The van der Waals surface area contributed by atoms with Crippen molar-refractivity contribution in [3.8, 4) is 6.07 Å². The van der Waals surface area contributed by atoms with Gasteiger partial charge in [0.25, 0.3) is 0 Å². The van der Waals surface area contributed by atoms with Crippen molar-refractivity contribution in [2.75, 3.05) is 17.2 Å². The van der Waals surface area contributed by atoms with E-state index in [1.165, 1.54) is 6.20 Å². The predicted molar refractivity (Wildman–Crippen MR) is 144 cm³/mol. The van der Waals surface area contributed by atoms with E-state index in [1.807, 2.05) is 67.7 Å². The maximum absolute atomic E-state index is 10.1. The first kappa shape index (κ1) is 24.3. The summed E-state index contributed by atoms with van der Waals surface area (Å²) in [5, 5.41) is 28.0. The van der Waals surface area contributed by atoms with Crippen LogP contribution in [0, 0.1) is 18.3 Å². The molecule has 37 heavy (non-hydrogen) atoms. The minimum absolute atomic E-state index is 0.160. The number of aliphatic hydroxyl groups excluding tert-OH is 1. The molecule has 0 saturated carbocycles. The lowest BCUT2D eigenvalue weighted by Crippen LogP contribution is -2.34. The minimum atomic E-state index is -0.426. The molecule has 0 spiro atoms. The Kier molecular flexibility index (Phi) is 7.05. The van der Waals surface area contributed by atoms with E-state index in [2.05, 4.69) is 43.1 Å². The summed E-state index contributed by atoms with van der Waals surface area (Å²) in [6.07, 6.45) is 5.09. The van der Waals surface area contributed by atoms with E-state index >= 15 is 0 Å². The number of rotatable bonds is 8. The maximum atomic E-state index is 10.1. The Morgan fingerprint density at radius 3 is 2.65 bits per heavy atom. The van der Waals surface area contributed by atoms with Crippen LogP contribution in [0.25, 0.3) is 10.9 Å². The number of fused-ring (bicyclic) bond motifs is 1. The SMILES string of the molecule is Cc1ncccc1[C@H](Nc1cc(Cl)c2ncc(C#N)c(N[C@H](CO)c3ccccc3)c2c1)C1=CNNN1. The molecule has 10 heteroatoms. The second-order valence-electron chi connectivity index (χ2n) is 8.55. The molecule has 0 fully saturated rings. The van der Waals surface area contributed by atoms with Crippen LogP contribution in [0.15, 0.2) is 78.9 Å². The Morgan fingerprint density at radius 2 is 1.95 bits per heavy atom. The normalized spacial score (nSPS) is 14.2. The highest BCUT2D eigenvalue weighted by Gasteiger charge is 2.23. The number of hydrogen-bond acceptors (Lipinski definition) is 9. The highest BCUT2D eigenvalue weighted by atomic mass is 35.5. The molecule has 0 radical (unpaired) electrons. The van der Waals surface area contributed by atoms with Crippen molar-refractivity contribution >= 4 is 33.9 Å². The van der Waals surface area contributed by atoms with E-state index in [1.54, 1.807) is 6.20 Å². The summed E-state index contributed by atoms with van der Waals surface area (Å²) in [5.41, 5.74) is 14.7. The quantitative estimate of drug-likeness (QED) is 0.205. The Labute approximate surface area is 219 Å². The van der Waals surface area contributed by atoms with Gasteiger partial charge in [0.1, 0.15) is 6.07 Å². The average Bonchev–Trinajstić information content (AvgIpc) is 3.46. The van der Waals surface area contributed by atoms with E-state index in [0.717, 1.165) is 28.2 Å². The average molecular weight is 513 g/mol. The van der Waals surface area contributed by atoms with E-state index in [9.17, 15) is 10.4 Å². The molecular weight excluding hydrogens is 488 g/mol. The summed E-state index contributed by atoms with van der Waals surface area (Å²) in [5.74, 6) is 0. The monoisotopic (exact) mass is 512 g/mol. The maximum Gasteiger partial charge on any atom is 0.103 e. The molecule has 2 aromatic carbocycles. The van der Waals surface area contributed by atoms with Crippen LogP contribution in [0.4, 0.5) is 11.4 Å². The third-order valence-electron chi connectivity index (χ3n) is 6.24. The van der Waals surface area contributed by atoms with Crippen LogP contribution in [-0.4, -0.2) is 21.7 Å². The molecule has 4 aromatic rings. The molecule has 5 rings (SSSR count). The number of hydrazine groups is 2.